The summed E-state index contributed by atoms with van der Waals surface area (Å²) >= 11 is 0. The second-order valence-corrected chi connectivity index (χ2v) is 9.59. The van der Waals surface area contributed by atoms with Gasteiger partial charge in [-0.05, 0) is 17.7 Å². The van der Waals surface area contributed by atoms with Crippen molar-refractivity contribution < 1.29 is 4.79 Å². The molecule has 0 atom stereocenters. The van der Waals surface area contributed by atoms with Crippen LogP contribution in [0.2, 0.25) is 19.6 Å². The molecule has 1 aromatic carbocycles. The van der Waals surface area contributed by atoms with Crippen LogP contribution in [-0.4, -0.2) is 14.0 Å². The molecule has 1 amide bonds. The predicted octanol–water partition coefficient (Wildman–Crippen LogP) is 1.94. The lowest BCUT2D eigenvalue weighted by atomic mass is 10.1. The summed E-state index contributed by atoms with van der Waals surface area (Å²) in [7, 11) is -1.34. The molecule has 2 N–H and O–H groups in total. The van der Waals surface area contributed by atoms with E-state index in [0.717, 1.165) is 11.1 Å². The molecular formula is C13H17NOSi. The summed E-state index contributed by atoms with van der Waals surface area (Å²) < 4.78 is 0. The van der Waals surface area contributed by atoms with Gasteiger partial charge in [0.05, 0.1) is 6.42 Å². The third-order valence-corrected chi connectivity index (χ3v) is 2.76. The maximum absolute atomic E-state index is 10.8. The molecule has 3 heteroatoms. The zero-order chi connectivity index (χ0) is 12.2. The van der Waals surface area contributed by atoms with Crippen LogP contribution in [0.15, 0.2) is 24.3 Å². The topological polar surface area (TPSA) is 43.1 Å². The SMILES string of the molecule is C[Si](C)(C)C#Cc1cccc(CC(N)=O)c1. The Kier molecular flexibility index (Phi) is 3.91. The summed E-state index contributed by atoms with van der Waals surface area (Å²) in [4.78, 5) is 10.8. The molecule has 0 heterocycles. The van der Waals surface area contributed by atoms with Gasteiger partial charge in [0, 0.05) is 5.56 Å². The van der Waals surface area contributed by atoms with Gasteiger partial charge >= 0.3 is 0 Å². The molecule has 0 aliphatic heterocycles. The van der Waals surface area contributed by atoms with Crippen molar-refractivity contribution in [3.8, 4) is 11.5 Å². The van der Waals surface area contributed by atoms with Crippen LogP contribution in [0.3, 0.4) is 0 Å². The maximum atomic E-state index is 10.8. The van der Waals surface area contributed by atoms with Crippen LogP contribution in [0.1, 0.15) is 11.1 Å². The summed E-state index contributed by atoms with van der Waals surface area (Å²) in [5, 5.41) is 0. The van der Waals surface area contributed by atoms with Crippen molar-refractivity contribution in [1.82, 2.24) is 0 Å². The van der Waals surface area contributed by atoms with E-state index in [2.05, 4.69) is 31.1 Å². The lowest BCUT2D eigenvalue weighted by molar-refractivity contribution is -0.117. The number of nitrogens with two attached hydrogens (primary N) is 1. The van der Waals surface area contributed by atoms with Gasteiger partial charge in [-0.25, -0.2) is 0 Å². The van der Waals surface area contributed by atoms with Gasteiger partial charge in [0.25, 0.3) is 0 Å². The lowest BCUT2D eigenvalue weighted by Gasteiger charge is -2.03. The zero-order valence-electron chi connectivity index (χ0n) is 10.0. The van der Waals surface area contributed by atoms with Crippen molar-refractivity contribution in [3.05, 3.63) is 35.4 Å². The van der Waals surface area contributed by atoms with E-state index in [4.69, 9.17) is 5.73 Å². The molecule has 0 saturated heterocycles. The fraction of sp³-hybridized carbons (Fsp3) is 0.308. The highest BCUT2D eigenvalue weighted by Crippen LogP contribution is 2.05. The van der Waals surface area contributed by atoms with Crippen LogP contribution in [0.5, 0.6) is 0 Å². The third kappa shape index (κ3) is 4.81. The van der Waals surface area contributed by atoms with E-state index in [9.17, 15) is 4.79 Å². The Morgan fingerprint density at radius 1 is 1.38 bits per heavy atom. The summed E-state index contributed by atoms with van der Waals surface area (Å²) in [6, 6.07) is 7.69. The average molecular weight is 231 g/mol. The Morgan fingerprint density at radius 2 is 2.06 bits per heavy atom. The second-order valence-electron chi connectivity index (χ2n) is 4.84. The summed E-state index contributed by atoms with van der Waals surface area (Å²) in [6.45, 7) is 6.60. The Morgan fingerprint density at radius 3 is 2.62 bits per heavy atom. The number of carbonyl (C=O) groups excluding carboxylic acids is 1. The molecule has 0 aliphatic rings. The van der Waals surface area contributed by atoms with Crippen molar-refractivity contribution in [2.75, 3.05) is 0 Å². The van der Waals surface area contributed by atoms with Crippen LogP contribution in [0.4, 0.5) is 0 Å². The first-order valence-electron chi connectivity index (χ1n) is 5.27. The maximum Gasteiger partial charge on any atom is 0.221 e. The van der Waals surface area contributed by atoms with Gasteiger partial charge in [0.15, 0.2) is 0 Å². The highest BCUT2D eigenvalue weighted by Gasteiger charge is 2.07. The van der Waals surface area contributed by atoms with E-state index in [0.29, 0.717) is 0 Å². The molecule has 0 radical (unpaired) electrons. The molecule has 0 saturated carbocycles. The minimum atomic E-state index is -1.34. The van der Waals surface area contributed by atoms with Gasteiger partial charge in [0.1, 0.15) is 8.07 Å². The minimum absolute atomic E-state index is 0.280. The van der Waals surface area contributed by atoms with Gasteiger partial charge < -0.3 is 5.73 Å². The Hall–Kier alpha value is -1.53. The smallest absolute Gasteiger partial charge is 0.221 e. The number of carbonyl (C=O) groups is 1. The van der Waals surface area contributed by atoms with Crippen LogP contribution >= 0.6 is 0 Å². The lowest BCUT2D eigenvalue weighted by Crippen LogP contribution is -2.16. The van der Waals surface area contributed by atoms with Crippen LogP contribution in [0, 0.1) is 11.5 Å². The number of rotatable bonds is 2. The molecule has 2 nitrogen and oxygen atoms in total. The van der Waals surface area contributed by atoms with E-state index in [1.54, 1.807) is 0 Å². The second kappa shape index (κ2) is 5.00. The molecule has 0 unspecified atom stereocenters. The van der Waals surface area contributed by atoms with E-state index >= 15 is 0 Å². The van der Waals surface area contributed by atoms with E-state index in [-0.39, 0.29) is 12.3 Å². The number of hydrogen-bond acceptors (Lipinski definition) is 1. The Labute approximate surface area is 97.9 Å². The van der Waals surface area contributed by atoms with Gasteiger partial charge in [-0.1, -0.05) is 37.7 Å². The molecule has 84 valence electrons. The van der Waals surface area contributed by atoms with Crippen LogP contribution < -0.4 is 5.73 Å². The molecule has 0 fully saturated rings. The standard InChI is InChI=1S/C13H17NOSi/c1-16(2,3)8-7-11-5-4-6-12(9-11)10-13(14)15/h4-6,9H,10H2,1-3H3,(H2,14,15). The molecule has 1 aromatic rings. The zero-order valence-corrected chi connectivity index (χ0v) is 11.0. The monoisotopic (exact) mass is 231 g/mol. The molecule has 0 spiro atoms. The van der Waals surface area contributed by atoms with Gasteiger partial charge in [-0.3, -0.25) is 4.79 Å². The number of primary amides is 1. The number of benzene rings is 1. The molecule has 0 aliphatic carbocycles. The molecule has 0 bridgehead atoms. The van der Waals surface area contributed by atoms with Crippen molar-refractivity contribution in [2.45, 2.75) is 26.1 Å². The van der Waals surface area contributed by atoms with Crippen molar-refractivity contribution in [3.63, 3.8) is 0 Å². The first-order chi connectivity index (χ1) is 7.37. The molecular weight excluding hydrogens is 214 g/mol. The van der Waals surface area contributed by atoms with Crippen molar-refractivity contribution in [2.24, 2.45) is 5.73 Å². The Balaban J connectivity index is 2.89. The van der Waals surface area contributed by atoms with Gasteiger partial charge in [0.2, 0.25) is 5.91 Å². The van der Waals surface area contributed by atoms with Gasteiger partial charge in [-0.2, -0.15) is 0 Å². The highest BCUT2D eigenvalue weighted by molar-refractivity contribution is 6.83. The summed E-state index contributed by atoms with van der Waals surface area (Å²) in [6.07, 6.45) is 0.280. The minimum Gasteiger partial charge on any atom is -0.369 e. The first kappa shape index (κ1) is 12.5. The third-order valence-electron chi connectivity index (χ3n) is 1.89. The fourth-order valence-electron chi connectivity index (χ4n) is 1.22. The number of hydrogen-bond donors (Lipinski definition) is 1. The normalized spacial score (nSPS) is 10.4. The van der Waals surface area contributed by atoms with E-state index in [1.807, 2.05) is 24.3 Å². The van der Waals surface area contributed by atoms with Crippen LogP contribution in [0.25, 0.3) is 0 Å². The summed E-state index contributed by atoms with van der Waals surface area (Å²) in [5.41, 5.74) is 10.3. The largest absolute Gasteiger partial charge is 0.369 e. The van der Waals surface area contributed by atoms with Gasteiger partial charge in [-0.15, -0.1) is 5.54 Å². The predicted molar refractivity (Wildman–Crippen MR) is 69.6 cm³/mol. The highest BCUT2D eigenvalue weighted by atomic mass is 28.3. The first-order valence-corrected chi connectivity index (χ1v) is 8.77. The van der Waals surface area contributed by atoms with Crippen molar-refractivity contribution >= 4 is 14.0 Å². The molecule has 1 rings (SSSR count). The number of amides is 1. The van der Waals surface area contributed by atoms with E-state index < -0.39 is 8.07 Å². The Bertz CT molecular complexity index is 449. The average Bonchev–Trinajstić information content (AvgIpc) is 2.13. The van der Waals surface area contributed by atoms with Crippen LogP contribution in [-0.2, 0) is 11.2 Å². The van der Waals surface area contributed by atoms with E-state index in [1.165, 1.54) is 0 Å². The fourth-order valence-corrected chi connectivity index (χ4v) is 1.74. The van der Waals surface area contributed by atoms with Crippen molar-refractivity contribution in [1.29, 1.82) is 0 Å². The molecule has 0 aromatic heterocycles. The summed E-state index contributed by atoms with van der Waals surface area (Å²) in [5.74, 6) is 2.85. The molecule has 16 heavy (non-hydrogen) atoms. The quantitative estimate of drug-likeness (QED) is 0.613.